The van der Waals surface area contributed by atoms with Crippen LogP contribution in [-0.4, -0.2) is 48.7 Å². The van der Waals surface area contributed by atoms with Crippen molar-refractivity contribution in [2.24, 2.45) is 0 Å². The maximum absolute atomic E-state index is 11.5. The quantitative estimate of drug-likeness (QED) is 0.820. The predicted molar refractivity (Wildman–Crippen MR) is 71.6 cm³/mol. The number of rotatable bonds is 6. The van der Waals surface area contributed by atoms with E-state index >= 15 is 0 Å². The van der Waals surface area contributed by atoms with Crippen molar-refractivity contribution in [2.75, 3.05) is 37.7 Å². The first-order chi connectivity index (χ1) is 8.81. The number of benzene rings is 1. The van der Waals surface area contributed by atoms with Crippen LogP contribution in [0.15, 0.2) is 30.3 Å². The van der Waals surface area contributed by atoms with Crippen LogP contribution in [0.4, 0.5) is 5.69 Å². The van der Waals surface area contributed by atoms with Gasteiger partial charge >= 0.3 is 0 Å². The van der Waals surface area contributed by atoms with Gasteiger partial charge in [-0.25, -0.2) is 0 Å². The Morgan fingerprint density at radius 1 is 1.22 bits per heavy atom. The van der Waals surface area contributed by atoms with Gasteiger partial charge < -0.3 is 14.9 Å². The molecule has 1 aromatic carbocycles. The van der Waals surface area contributed by atoms with E-state index in [1.165, 1.54) is 0 Å². The number of aliphatic hydroxyl groups excluding tert-OH is 1. The largest absolute Gasteiger partial charge is 0.395 e. The lowest BCUT2D eigenvalue weighted by molar-refractivity contribution is -0.127. The fourth-order valence-corrected chi connectivity index (χ4v) is 2.31. The Balaban J connectivity index is 1.92. The number of carbonyl (C=O) groups is 1. The van der Waals surface area contributed by atoms with Crippen LogP contribution in [0.1, 0.15) is 12.8 Å². The molecule has 0 unspecified atom stereocenters. The monoisotopic (exact) mass is 248 g/mol. The second kappa shape index (κ2) is 6.40. The first-order valence-electron chi connectivity index (χ1n) is 6.50. The summed E-state index contributed by atoms with van der Waals surface area (Å²) in [6.45, 7) is 3.12. The molecule has 1 aliphatic heterocycles. The van der Waals surface area contributed by atoms with Crippen LogP contribution in [0.2, 0.25) is 0 Å². The van der Waals surface area contributed by atoms with Gasteiger partial charge in [-0.1, -0.05) is 18.2 Å². The molecule has 0 aromatic heterocycles. The number of amides is 1. The SMILES string of the molecule is O=C1CCCN1CCN(CCO)c1ccccc1. The Kier molecular flexibility index (Phi) is 4.59. The van der Waals surface area contributed by atoms with E-state index < -0.39 is 0 Å². The van der Waals surface area contributed by atoms with Crippen molar-refractivity contribution in [3.63, 3.8) is 0 Å². The molecule has 1 heterocycles. The molecular weight excluding hydrogens is 228 g/mol. The lowest BCUT2D eigenvalue weighted by Crippen LogP contribution is -2.37. The smallest absolute Gasteiger partial charge is 0.222 e. The fraction of sp³-hybridized carbons (Fsp3) is 0.500. The molecule has 0 bridgehead atoms. The summed E-state index contributed by atoms with van der Waals surface area (Å²) < 4.78 is 0. The second-order valence-electron chi connectivity index (χ2n) is 4.53. The summed E-state index contributed by atoms with van der Waals surface area (Å²) in [4.78, 5) is 15.6. The van der Waals surface area contributed by atoms with Gasteiger partial charge in [-0.2, -0.15) is 0 Å². The summed E-state index contributed by atoms with van der Waals surface area (Å²) in [5, 5.41) is 9.12. The number of likely N-dealkylation sites (tertiary alicyclic amines) is 1. The molecule has 4 heteroatoms. The van der Waals surface area contributed by atoms with E-state index in [0.29, 0.717) is 13.0 Å². The van der Waals surface area contributed by atoms with Gasteiger partial charge in [0.25, 0.3) is 0 Å². The zero-order valence-corrected chi connectivity index (χ0v) is 10.6. The first-order valence-corrected chi connectivity index (χ1v) is 6.50. The van der Waals surface area contributed by atoms with Crippen molar-refractivity contribution in [1.82, 2.24) is 4.90 Å². The standard InChI is InChI=1S/C14H20N2O2/c17-12-11-15(13-5-2-1-3-6-13)9-10-16-8-4-7-14(16)18/h1-3,5-6,17H,4,7-12H2. The third-order valence-electron chi connectivity index (χ3n) is 3.30. The Labute approximate surface area is 108 Å². The summed E-state index contributed by atoms with van der Waals surface area (Å²) >= 11 is 0. The summed E-state index contributed by atoms with van der Waals surface area (Å²) in [6.07, 6.45) is 1.66. The van der Waals surface area contributed by atoms with E-state index in [-0.39, 0.29) is 12.5 Å². The molecule has 0 atom stereocenters. The van der Waals surface area contributed by atoms with E-state index in [9.17, 15) is 4.79 Å². The number of para-hydroxylation sites is 1. The van der Waals surface area contributed by atoms with Crippen LogP contribution < -0.4 is 4.90 Å². The van der Waals surface area contributed by atoms with Crippen LogP contribution in [0.25, 0.3) is 0 Å². The molecule has 18 heavy (non-hydrogen) atoms. The van der Waals surface area contributed by atoms with Gasteiger partial charge in [-0.05, 0) is 18.6 Å². The Morgan fingerprint density at radius 3 is 2.61 bits per heavy atom. The van der Waals surface area contributed by atoms with E-state index in [0.717, 1.165) is 31.7 Å². The Bertz CT molecular complexity index is 381. The van der Waals surface area contributed by atoms with Crippen molar-refractivity contribution in [1.29, 1.82) is 0 Å². The minimum absolute atomic E-state index is 0.128. The van der Waals surface area contributed by atoms with Crippen molar-refractivity contribution >= 4 is 11.6 Å². The highest BCUT2D eigenvalue weighted by molar-refractivity contribution is 5.78. The molecule has 1 saturated heterocycles. The van der Waals surface area contributed by atoms with Gasteiger partial charge in [0, 0.05) is 38.3 Å². The van der Waals surface area contributed by atoms with Crippen molar-refractivity contribution in [3.05, 3.63) is 30.3 Å². The molecule has 1 amide bonds. The Morgan fingerprint density at radius 2 is 2.00 bits per heavy atom. The average Bonchev–Trinajstić information content (AvgIpc) is 2.81. The molecule has 1 aromatic rings. The molecule has 4 nitrogen and oxygen atoms in total. The molecule has 0 radical (unpaired) electrons. The average molecular weight is 248 g/mol. The van der Waals surface area contributed by atoms with E-state index in [1.807, 2.05) is 35.2 Å². The highest BCUT2D eigenvalue weighted by Gasteiger charge is 2.20. The molecule has 1 N–H and O–H groups in total. The van der Waals surface area contributed by atoms with Gasteiger partial charge in [0.1, 0.15) is 0 Å². The summed E-state index contributed by atoms with van der Waals surface area (Å²) in [6, 6.07) is 10.0. The number of nitrogens with zero attached hydrogens (tertiary/aromatic N) is 2. The zero-order chi connectivity index (χ0) is 12.8. The number of carbonyl (C=O) groups excluding carboxylic acids is 1. The minimum atomic E-state index is 0.128. The van der Waals surface area contributed by atoms with E-state index in [2.05, 4.69) is 4.90 Å². The van der Waals surface area contributed by atoms with Gasteiger partial charge in [-0.15, -0.1) is 0 Å². The van der Waals surface area contributed by atoms with Gasteiger partial charge in [-0.3, -0.25) is 4.79 Å². The molecule has 1 aliphatic rings. The number of hydrogen-bond donors (Lipinski definition) is 1. The highest BCUT2D eigenvalue weighted by Crippen LogP contribution is 2.14. The third kappa shape index (κ3) is 3.23. The molecule has 98 valence electrons. The first kappa shape index (κ1) is 12.9. The van der Waals surface area contributed by atoms with Crippen LogP contribution >= 0.6 is 0 Å². The molecular formula is C14H20N2O2. The highest BCUT2D eigenvalue weighted by atomic mass is 16.3. The number of hydrogen-bond acceptors (Lipinski definition) is 3. The molecule has 2 rings (SSSR count). The Hall–Kier alpha value is -1.55. The van der Waals surface area contributed by atoms with Gasteiger partial charge in [0.15, 0.2) is 0 Å². The van der Waals surface area contributed by atoms with Crippen LogP contribution in [-0.2, 0) is 4.79 Å². The summed E-state index contributed by atoms with van der Waals surface area (Å²) in [5.41, 5.74) is 1.10. The van der Waals surface area contributed by atoms with Gasteiger partial charge in [0.2, 0.25) is 5.91 Å². The third-order valence-corrected chi connectivity index (χ3v) is 3.30. The normalized spacial score (nSPS) is 15.2. The van der Waals surface area contributed by atoms with E-state index in [1.54, 1.807) is 0 Å². The van der Waals surface area contributed by atoms with Crippen LogP contribution in [0.3, 0.4) is 0 Å². The summed E-state index contributed by atoms with van der Waals surface area (Å²) in [7, 11) is 0. The molecule has 1 fully saturated rings. The van der Waals surface area contributed by atoms with Crippen LogP contribution in [0, 0.1) is 0 Å². The van der Waals surface area contributed by atoms with E-state index in [4.69, 9.17) is 5.11 Å². The van der Waals surface area contributed by atoms with Crippen molar-refractivity contribution in [3.8, 4) is 0 Å². The predicted octanol–water partition coefficient (Wildman–Crippen LogP) is 1.11. The number of anilines is 1. The maximum atomic E-state index is 11.5. The fourth-order valence-electron chi connectivity index (χ4n) is 2.31. The molecule has 0 spiro atoms. The molecule has 0 saturated carbocycles. The zero-order valence-electron chi connectivity index (χ0n) is 10.6. The summed E-state index contributed by atoms with van der Waals surface area (Å²) in [5.74, 6) is 0.256. The van der Waals surface area contributed by atoms with Crippen molar-refractivity contribution < 1.29 is 9.90 Å². The lowest BCUT2D eigenvalue weighted by Gasteiger charge is -2.26. The lowest BCUT2D eigenvalue weighted by atomic mass is 10.3. The second-order valence-corrected chi connectivity index (χ2v) is 4.53. The number of aliphatic hydroxyl groups is 1. The minimum Gasteiger partial charge on any atom is -0.395 e. The topological polar surface area (TPSA) is 43.8 Å². The van der Waals surface area contributed by atoms with Crippen molar-refractivity contribution in [2.45, 2.75) is 12.8 Å². The maximum Gasteiger partial charge on any atom is 0.222 e. The van der Waals surface area contributed by atoms with Crippen LogP contribution in [0.5, 0.6) is 0 Å². The van der Waals surface area contributed by atoms with Gasteiger partial charge in [0.05, 0.1) is 6.61 Å². The molecule has 0 aliphatic carbocycles.